The van der Waals surface area contributed by atoms with Crippen molar-refractivity contribution >= 4 is 11.8 Å². The van der Waals surface area contributed by atoms with Crippen LogP contribution in [0.15, 0.2) is 30.3 Å². The molecule has 2 heterocycles. The number of anilines is 1. The fourth-order valence-corrected chi connectivity index (χ4v) is 3.53. The van der Waals surface area contributed by atoms with E-state index >= 15 is 0 Å². The Bertz CT molecular complexity index is 770. The molecule has 24 heavy (non-hydrogen) atoms. The molecule has 0 amide bonds. The number of carboxylic acid groups (broad SMARTS) is 1. The second-order valence-corrected chi connectivity index (χ2v) is 6.72. The lowest BCUT2D eigenvalue weighted by Crippen LogP contribution is -2.39. The standard InChI is InChI=1S/C20H24N2O2/c1-13-7-6-9-16(11-13)17-12-14(2)21-19(18(17)20(23)24)22-10-5-4-8-15(22)3/h6-7,9,11-12,15H,4-5,8,10H2,1-3H3,(H,23,24). The molecule has 0 spiro atoms. The van der Waals surface area contributed by atoms with Gasteiger partial charge in [-0.2, -0.15) is 0 Å². The number of benzene rings is 1. The Kier molecular flexibility index (Phi) is 4.56. The third-order valence-corrected chi connectivity index (χ3v) is 4.75. The van der Waals surface area contributed by atoms with Crippen molar-refractivity contribution in [1.29, 1.82) is 0 Å². The fourth-order valence-electron chi connectivity index (χ4n) is 3.53. The van der Waals surface area contributed by atoms with Gasteiger partial charge in [-0.25, -0.2) is 9.78 Å². The van der Waals surface area contributed by atoms with Crippen LogP contribution in [0, 0.1) is 13.8 Å². The molecular weight excluding hydrogens is 300 g/mol. The number of aromatic carboxylic acids is 1. The minimum atomic E-state index is -0.910. The summed E-state index contributed by atoms with van der Waals surface area (Å²) in [5, 5.41) is 9.92. The first-order valence-electron chi connectivity index (χ1n) is 8.56. The average Bonchev–Trinajstić information content (AvgIpc) is 2.54. The zero-order valence-corrected chi connectivity index (χ0v) is 14.5. The average molecular weight is 324 g/mol. The summed E-state index contributed by atoms with van der Waals surface area (Å²) in [5.74, 6) is -0.294. The first-order valence-corrected chi connectivity index (χ1v) is 8.56. The van der Waals surface area contributed by atoms with Crippen LogP contribution in [0.1, 0.15) is 47.8 Å². The molecule has 4 heteroatoms. The van der Waals surface area contributed by atoms with Gasteiger partial charge in [-0.3, -0.25) is 0 Å². The van der Waals surface area contributed by atoms with Crippen LogP contribution < -0.4 is 4.90 Å². The molecule has 2 aromatic rings. The fraction of sp³-hybridized carbons (Fsp3) is 0.400. The van der Waals surface area contributed by atoms with Gasteiger partial charge in [0.25, 0.3) is 0 Å². The Morgan fingerprint density at radius 1 is 1.25 bits per heavy atom. The molecule has 1 aromatic carbocycles. The van der Waals surface area contributed by atoms with Crippen molar-refractivity contribution in [2.75, 3.05) is 11.4 Å². The Balaban J connectivity index is 2.21. The van der Waals surface area contributed by atoms with Gasteiger partial charge in [-0.1, -0.05) is 29.8 Å². The predicted octanol–water partition coefficient (Wildman–Crippen LogP) is 4.44. The van der Waals surface area contributed by atoms with Crippen molar-refractivity contribution in [3.63, 3.8) is 0 Å². The highest BCUT2D eigenvalue weighted by molar-refractivity contribution is 6.01. The first kappa shape index (κ1) is 16.5. The van der Waals surface area contributed by atoms with E-state index in [0.29, 0.717) is 17.4 Å². The summed E-state index contributed by atoms with van der Waals surface area (Å²) in [4.78, 5) is 18.9. The maximum Gasteiger partial charge on any atom is 0.340 e. The molecule has 0 radical (unpaired) electrons. The number of nitrogens with zero attached hydrogens (tertiary/aromatic N) is 2. The van der Waals surface area contributed by atoms with Crippen molar-refractivity contribution in [1.82, 2.24) is 4.98 Å². The number of aryl methyl sites for hydroxylation is 2. The number of aromatic nitrogens is 1. The van der Waals surface area contributed by atoms with Gasteiger partial charge in [0, 0.05) is 23.8 Å². The number of hydrogen-bond donors (Lipinski definition) is 1. The summed E-state index contributed by atoms with van der Waals surface area (Å²) in [7, 11) is 0. The normalized spacial score (nSPS) is 17.8. The van der Waals surface area contributed by atoms with E-state index in [1.165, 1.54) is 6.42 Å². The summed E-state index contributed by atoms with van der Waals surface area (Å²) < 4.78 is 0. The van der Waals surface area contributed by atoms with Crippen LogP contribution >= 0.6 is 0 Å². The molecule has 0 saturated carbocycles. The Morgan fingerprint density at radius 2 is 2.04 bits per heavy atom. The summed E-state index contributed by atoms with van der Waals surface area (Å²) >= 11 is 0. The van der Waals surface area contributed by atoms with Gasteiger partial charge in [0.2, 0.25) is 0 Å². The smallest absolute Gasteiger partial charge is 0.340 e. The van der Waals surface area contributed by atoms with Crippen molar-refractivity contribution in [3.05, 3.63) is 47.2 Å². The summed E-state index contributed by atoms with van der Waals surface area (Å²) in [6.45, 7) is 6.97. The molecular formula is C20H24N2O2. The van der Waals surface area contributed by atoms with E-state index in [-0.39, 0.29) is 0 Å². The zero-order valence-electron chi connectivity index (χ0n) is 14.5. The highest BCUT2D eigenvalue weighted by Crippen LogP contribution is 2.34. The second-order valence-electron chi connectivity index (χ2n) is 6.72. The van der Waals surface area contributed by atoms with Crippen LogP contribution in [0.4, 0.5) is 5.82 Å². The molecule has 4 nitrogen and oxygen atoms in total. The van der Waals surface area contributed by atoms with Crippen molar-refractivity contribution in [3.8, 4) is 11.1 Å². The van der Waals surface area contributed by atoms with E-state index in [1.807, 2.05) is 44.2 Å². The van der Waals surface area contributed by atoms with Crippen LogP contribution in [0.25, 0.3) is 11.1 Å². The molecule has 1 aromatic heterocycles. The van der Waals surface area contributed by atoms with E-state index in [9.17, 15) is 9.90 Å². The molecule has 1 N–H and O–H groups in total. The van der Waals surface area contributed by atoms with E-state index < -0.39 is 5.97 Å². The largest absolute Gasteiger partial charge is 0.478 e. The Morgan fingerprint density at radius 3 is 2.71 bits per heavy atom. The number of hydrogen-bond acceptors (Lipinski definition) is 3. The number of pyridine rings is 1. The summed E-state index contributed by atoms with van der Waals surface area (Å²) in [6.07, 6.45) is 3.35. The van der Waals surface area contributed by atoms with E-state index in [2.05, 4.69) is 16.8 Å². The quantitative estimate of drug-likeness (QED) is 0.906. The molecule has 1 aliphatic rings. The maximum absolute atomic E-state index is 12.1. The lowest BCUT2D eigenvalue weighted by Gasteiger charge is -2.35. The molecule has 126 valence electrons. The van der Waals surface area contributed by atoms with E-state index in [0.717, 1.165) is 41.8 Å². The number of carboxylic acids is 1. The Hall–Kier alpha value is -2.36. The molecule has 1 fully saturated rings. The van der Waals surface area contributed by atoms with Gasteiger partial charge in [0.15, 0.2) is 0 Å². The molecule has 1 aliphatic heterocycles. The summed E-state index contributed by atoms with van der Waals surface area (Å²) in [6, 6.07) is 10.2. The first-order chi connectivity index (χ1) is 11.5. The molecule has 1 atom stereocenters. The van der Waals surface area contributed by atoms with Crippen molar-refractivity contribution in [2.24, 2.45) is 0 Å². The lowest BCUT2D eigenvalue weighted by molar-refractivity contribution is 0.0698. The van der Waals surface area contributed by atoms with Crippen molar-refractivity contribution < 1.29 is 9.90 Å². The van der Waals surface area contributed by atoms with E-state index in [4.69, 9.17) is 0 Å². The van der Waals surface area contributed by atoms with Crippen LogP contribution in [-0.2, 0) is 0 Å². The molecule has 3 rings (SSSR count). The second kappa shape index (κ2) is 6.63. The van der Waals surface area contributed by atoms with Gasteiger partial charge in [0.1, 0.15) is 11.4 Å². The number of carbonyl (C=O) groups is 1. The van der Waals surface area contributed by atoms with Gasteiger partial charge < -0.3 is 10.0 Å². The van der Waals surface area contributed by atoms with Crippen LogP contribution in [0.3, 0.4) is 0 Å². The highest BCUT2D eigenvalue weighted by atomic mass is 16.4. The number of piperidine rings is 1. The molecule has 0 bridgehead atoms. The van der Waals surface area contributed by atoms with Crippen molar-refractivity contribution in [2.45, 2.75) is 46.1 Å². The minimum absolute atomic E-state index is 0.316. The molecule has 0 aliphatic carbocycles. The van der Waals surface area contributed by atoms with Gasteiger partial charge in [-0.05, 0) is 51.7 Å². The maximum atomic E-state index is 12.1. The summed E-state index contributed by atoms with van der Waals surface area (Å²) in [5.41, 5.74) is 3.98. The zero-order chi connectivity index (χ0) is 17.3. The van der Waals surface area contributed by atoms with Crippen LogP contribution in [0.2, 0.25) is 0 Å². The molecule has 1 unspecified atom stereocenters. The topological polar surface area (TPSA) is 53.4 Å². The highest BCUT2D eigenvalue weighted by Gasteiger charge is 2.27. The number of rotatable bonds is 3. The third-order valence-electron chi connectivity index (χ3n) is 4.75. The third kappa shape index (κ3) is 3.14. The van der Waals surface area contributed by atoms with E-state index in [1.54, 1.807) is 0 Å². The van der Waals surface area contributed by atoms with Crippen LogP contribution in [0.5, 0.6) is 0 Å². The van der Waals surface area contributed by atoms with Crippen LogP contribution in [-0.4, -0.2) is 28.6 Å². The minimum Gasteiger partial charge on any atom is -0.478 e. The van der Waals surface area contributed by atoms with Gasteiger partial charge in [-0.15, -0.1) is 0 Å². The SMILES string of the molecule is Cc1cccc(-c2cc(C)nc(N3CCCCC3C)c2C(=O)O)c1. The molecule has 1 saturated heterocycles. The monoisotopic (exact) mass is 324 g/mol. The Labute approximate surface area is 143 Å². The van der Waals surface area contributed by atoms with Gasteiger partial charge >= 0.3 is 5.97 Å². The van der Waals surface area contributed by atoms with Gasteiger partial charge in [0.05, 0.1) is 0 Å². The lowest BCUT2D eigenvalue weighted by atomic mass is 9.96. The predicted molar refractivity (Wildman–Crippen MR) is 96.8 cm³/mol.